The molecule has 0 bridgehead atoms. The number of rotatable bonds is 5. The Bertz CT molecular complexity index is 721. The molecule has 0 radical (unpaired) electrons. The molecular weight excluding hydrogens is 316 g/mol. The molecule has 0 aliphatic rings. The lowest BCUT2D eigenvalue weighted by Crippen LogP contribution is -2.28. The van der Waals surface area contributed by atoms with Gasteiger partial charge < -0.3 is 10.1 Å². The van der Waals surface area contributed by atoms with Gasteiger partial charge in [0.25, 0.3) is 5.91 Å². The van der Waals surface area contributed by atoms with Crippen LogP contribution in [-0.4, -0.2) is 24.1 Å². The van der Waals surface area contributed by atoms with Crippen LogP contribution in [-0.2, 0) is 11.2 Å². The minimum absolute atomic E-state index is 0.177. The van der Waals surface area contributed by atoms with E-state index in [0.717, 1.165) is 6.42 Å². The van der Waals surface area contributed by atoms with Gasteiger partial charge in [-0.2, -0.15) is 0 Å². The topological polar surface area (TPSA) is 67.4 Å². The van der Waals surface area contributed by atoms with Gasteiger partial charge in [0.2, 0.25) is 0 Å². The third-order valence-corrected chi connectivity index (χ3v) is 3.31. The zero-order valence-electron chi connectivity index (χ0n) is 14.8. The van der Waals surface area contributed by atoms with Crippen LogP contribution in [0.2, 0.25) is 0 Å². The molecule has 0 atom stereocenters. The Balaban J connectivity index is 1.89. The molecule has 0 heterocycles. The van der Waals surface area contributed by atoms with E-state index < -0.39 is 11.7 Å². The Kier molecular flexibility index (Phi) is 6.17. The molecule has 0 unspecified atom stereocenters. The second-order valence-corrected chi connectivity index (χ2v) is 6.70. The lowest BCUT2D eigenvalue weighted by Gasteiger charge is -2.19. The van der Waals surface area contributed by atoms with Gasteiger partial charge in [-0.05, 0) is 51.0 Å². The molecule has 25 heavy (non-hydrogen) atoms. The van der Waals surface area contributed by atoms with E-state index in [4.69, 9.17) is 4.74 Å². The molecule has 0 aliphatic carbocycles. The molecule has 2 amide bonds. The van der Waals surface area contributed by atoms with Crippen LogP contribution in [0.15, 0.2) is 54.6 Å². The Morgan fingerprint density at radius 2 is 1.72 bits per heavy atom. The first-order valence-electron chi connectivity index (χ1n) is 8.26. The summed E-state index contributed by atoms with van der Waals surface area (Å²) in [6.45, 7) is 5.93. The van der Waals surface area contributed by atoms with Crippen molar-refractivity contribution in [1.82, 2.24) is 5.32 Å². The summed E-state index contributed by atoms with van der Waals surface area (Å²) in [5.74, 6) is -0.177. The van der Waals surface area contributed by atoms with E-state index in [1.54, 1.807) is 45.0 Å². The molecule has 2 aromatic carbocycles. The summed E-state index contributed by atoms with van der Waals surface area (Å²) in [6, 6.07) is 16.7. The highest BCUT2D eigenvalue weighted by Gasteiger charge is 2.16. The van der Waals surface area contributed by atoms with Crippen molar-refractivity contribution >= 4 is 17.7 Å². The summed E-state index contributed by atoms with van der Waals surface area (Å²) >= 11 is 0. The van der Waals surface area contributed by atoms with Gasteiger partial charge in [0, 0.05) is 17.8 Å². The van der Waals surface area contributed by atoms with Crippen molar-refractivity contribution < 1.29 is 14.3 Å². The van der Waals surface area contributed by atoms with Gasteiger partial charge in [0.1, 0.15) is 5.60 Å². The largest absolute Gasteiger partial charge is 0.444 e. The minimum atomic E-state index is -0.573. The lowest BCUT2D eigenvalue weighted by molar-refractivity contribution is 0.0635. The van der Waals surface area contributed by atoms with Crippen molar-refractivity contribution in [2.45, 2.75) is 32.8 Å². The number of hydrogen-bond acceptors (Lipinski definition) is 3. The van der Waals surface area contributed by atoms with Gasteiger partial charge >= 0.3 is 6.09 Å². The molecule has 132 valence electrons. The zero-order chi connectivity index (χ0) is 18.3. The number of carbonyl (C=O) groups is 2. The average Bonchev–Trinajstić information content (AvgIpc) is 2.54. The molecule has 5 nitrogen and oxygen atoms in total. The van der Waals surface area contributed by atoms with Gasteiger partial charge in [-0.15, -0.1) is 0 Å². The zero-order valence-corrected chi connectivity index (χ0v) is 14.8. The van der Waals surface area contributed by atoms with Crippen LogP contribution in [0.3, 0.4) is 0 Å². The first-order chi connectivity index (χ1) is 11.8. The standard InChI is InChI=1S/C20H24N2O3/c1-20(2,3)25-19(24)22-17-11-7-10-16(14-17)18(23)21-13-12-15-8-5-4-6-9-15/h4-11,14H,12-13H2,1-3H3,(H,21,23)(H,22,24). The highest BCUT2D eigenvalue weighted by Crippen LogP contribution is 2.13. The van der Waals surface area contributed by atoms with Crippen molar-refractivity contribution in [1.29, 1.82) is 0 Å². The Morgan fingerprint density at radius 3 is 2.40 bits per heavy atom. The number of carbonyl (C=O) groups excluding carboxylic acids is 2. The summed E-state index contributed by atoms with van der Waals surface area (Å²) in [5, 5.41) is 5.52. The number of amides is 2. The van der Waals surface area contributed by atoms with Gasteiger partial charge in [-0.3, -0.25) is 10.1 Å². The maximum atomic E-state index is 12.2. The maximum Gasteiger partial charge on any atom is 0.412 e. The smallest absolute Gasteiger partial charge is 0.412 e. The van der Waals surface area contributed by atoms with Crippen molar-refractivity contribution in [3.8, 4) is 0 Å². The molecule has 0 fully saturated rings. The molecule has 0 saturated carbocycles. The molecule has 0 aromatic heterocycles. The Morgan fingerprint density at radius 1 is 1.00 bits per heavy atom. The van der Waals surface area contributed by atoms with Crippen molar-refractivity contribution in [2.24, 2.45) is 0 Å². The van der Waals surface area contributed by atoms with Crippen LogP contribution in [0.5, 0.6) is 0 Å². The summed E-state index contributed by atoms with van der Waals surface area (Å²) in [5.41, 5.74) is 1.60. The van der Waals surface area contributed by atoms with Crippen molar-refractivity contribution in [3.05, 3.63) is 65.7 Å². The predicted molar refractivity (Wildman–Crippen MR) is 98.8 cm³/mol. The van der Waals surface area contributed by atoms with Gasteiger partial charge in [0.05, 0.1) is 0 Å². The van der Waals surface area contributed by atoms with Crippen LogP contribution in [0, 0.1) is 0 Å². The van der Waals surface area contributed by atoms with Crippen LogP contribution in [0.1, 0.15) is 36.7 Å². The van der Waals surface area contributed by atoms with Crippen molar-refractivity contribution in [3.63, 3.8) is 0 Å². The van der Waals surface area contributed by atoms with Crippen LogP contribution >= 0.6 is 0 Å². The summed E-state index contributed by atoms with van der Waals surface area (Å²) in [7, 11) is 0. The van der Waals surface area contributed by atoms with Gasteiger partial charge in [0.15, 0.2) is 0 Å². The van der Waals surface area contributed by atoms with E-state index in [1.165, 1.54) is 5.56 Å². The number of nitrogens with one attached hydrogen (secondary N) is 2. The van der Waals surface area contributed by atoms with Crippen molar-refractivity contribution in [2.75, 3.05) is 11.9 Å². The monoisotopic (exact) mass is 340 g/mol. The first-order valence-corrected chi connectivity index (χ1v) is 8.26. The SMILES string of the molecule is CC(C)(C)OC(=O)Nc1cccc(C(=O)NCCc2ccccc2)c1. The summed E-state index contributed by atoms with van der Waals surface area (Å²) in [4.78, 5) is 24.1. The minimum Gasteiger partial charge on any atom is -0.444 e. The predicted octanol–water partition coefficient (Wildman–Crippen LogP) is 4.01. The third-order valence-electron chi connectivity index (χ3n) is 3.31. The quantitative estimate of drug-likeness (QED) is 0.864. The molecule has 0 aliphatic heterocycles. The fraction of sp³-hybridized carbons (Fsp3) is 0.300. The molecule has 5 heteroatoms. The van der Waals surface area contributed by atoms with E-state index in [0.29, 0.717) is 17.8 Å². The Labute approximate surface area is 148 Å². The summed E-state index contributed by atoms with van der Waals surface area (Å²) in [6.07, 6.45) is 0.219. The van der Waals surface area contributed by atoms with Gasteiger partial charge in [-0.1, -0.05) is 36.4 Å². The first kappa shape index (κ1) is 18.5. The molecule has 0 saturated heterocycles. The second kappa shape index (κ2) is 8.33. The highest BCUT2D eigenvalue weighted by molar-refractivity contribution is 5.96. The fourth-order valence-electron chi connectivity index (χ4n) is 2.23. The van der Waals surface area contributed by atoms with Gasteiger partial charge in [-0.25, -0.2) is 4.79 Å². The fourth-order valence-corrected chi connectivity index (χ4v) is 2.23. The maximum absolute atomic E-state index is 12.2. The molecule has 0 spiro atoms. The molecule has 2 N–H and O–H groups in total. The van der Waals surface area contributed by atoms with E-state index in [9.17, 15) is 9.59 Å². The molecule has 2 aromatic rings. The number of hydrogen-bond donors (Lipinski definition) is 2. The second-order valence-electron chi connectivity index (χ2n) is 6.70. The highest BCUT2D eigenvalue weighted by atomic mass is 16.6. The number of ether oxygens (including phenoxy) is 1. The van der Waals surface area contributed by atoms with E-state index in [2.05, 4.69) is 10.6 Å². The van der Waals surface area contributed by atoms with E-state index >= 15 is 0 Å². The number of benzene rings is 2. The third kappa shape index (κ3) is 6.67. The van der Waals surface area contributed by atoms with E-state index in [-0.39, 0.29) is 5.91 Å². The van der Waals surface area contributed by atoms with E-state index in [1.807, 2.05) is 30.3 Å². The van der Waals surface area contributed by atoms with Crippen LogP contribution in [0.4, 0.5) is 10.5 Å². The lowest BCUT2D eigenvalue weighted by atomic mass is 10.1. The Hall–Kier alpha value is -2.82. The normalized spacial score (nSPS) is 10.8. The van der Waals surface area contributed by atoms with Crippen LogP contribution in [0.25, 0.3) is 0 Å². The molecular formula is C20H24N2O3. The average molecular weight is 340 g/mol. The number of anilines is 1. The van der Waals surface area contributed by atoms with Crippen LogP contribution < -0.4 is 10.6 Å². The molecule has 2 rings (SSSR count). The summed E-state index contributed by atoms with van der Waals surface area (Å²) < 4.78 is 5.21.